The Hall–Kier alpha value is -3.29. The van der Waals surface area contributed by atoms with Crippen molar-refractivity contribution in [2.45, 2.75) is 25.3 Å². The van der Waals surface area contributed by atoms with E-state index in [9.17, 15) is 4.79 Å². The zero-order chi connectivity index (χ0) is 23.8. The van der Waals surface area contributed by atoms with Gasteiger partial charge in [-0.15, -0.1) is 0 Å². The minimum atomic E-state index is -0.591. The maximum absolute atomic E-state index is 15.1. The highest BCUT2D eigenvalue weighted by Gasteiger charge is 2.23. The fraction of sp³-hybridized carbons (Fsp3) is 0.333. The van der Waals surface area contributed by atoms with E-state index in [0.29, 0.717) is 29.2 Å². The zero-order valence-corrected chi connectivity index (χ0v) is 19.5. The minimum Gasteiger partial charge on any atom is -0.383 e. The molecule has 0 bridgehead atoms. The Kier molecular flexibility index (Phi) is 6.06. The molecule has 1 amide bonds. The smallest absolute Gasteiger partial charge is 0.251 e. The first-order valence-electron chi connectivity index (χ1n) is 11.6. The van der Waals surface area contributed by atoms with Gasteiger partial charge < -0.3 is 20.7 Å². The summed E-state index contributed by atoms with van der Waals surface area (Å²) in [7, 11) is 4.06. The van der Waals surface area contributed by atoms with Gasteiger partial charge in [0.25, 0.3) is 5.91 Å². The molecule has 3 heterocycles. The molecule has 2 aliphatic heterocycles. The van der Waals surface area contributed by atoms with Gasteiger partial charge >= 0.3 is 0 Å². The van der Waals surface area contributed by atoms with Gasteiger partial charge in [-0.1, -0.05) is 24.3 Å². The summed E-state index contributed by atoms with van der Waals surface area (Å²) in [5.41, 5.74) is 12.9. The number of aromatic nitrogens is 1. The first-order chi connectivity index (χ1) is 16.4. The van der Waals surface area contributed by atoms with Gasteiger partial charge in [-0.25, -0.2) is 4.98 Å². The number of nitrogens with two attached hydrogens (primary N) is 1. The Morgan fingerprint density at radius 3 is 2.68 bits per heavy atom. The Morgan fingerprint density at radius 2 is 1.91 bits per heavy atom. The number of ether oxygens (including phenoxy) is 1. The summed E-state index contributed by atoms with van der Waals surface area (Å²) in [6.07, 6.45) is 1.74. The van der Waals surface area contributed by atoms with Gasteiger partial charge in [0.1, 0.15) is 5.82 Å². The molecule has 3 aromatic rings. The second kappa shape index (κ2) is 9.16. The van der Waals surface area contributed by atoms with Crippen LogP contribution < -0.4 is 11.1 Å². The predicted molar refractivity (Wildman–Crippen MR) is 131 cm³/mol. The molecule has 2 aliphatic rings. The van der Waals surface area contributed by atoms with Crippen molar-refractivity contribution in [3.63, 3.8) is 0 Å². The lowest BCUT2D eigenvalue weighted by molar-refractivity contribution is 0.0946. The summed E-state index contributed by atoms with van der Waals surface area (Å²) in [6.45, 7) is 2.85. The molecule has 6 nitrogen and oxygen atoms in total. The van der Waals surface area contributed by atoms with Crippen molar-refractivity contribution in [2.24, 2.45) is 0 Å². The van der Waals surface area contributed by atoms with Crippen molar-refractivity contribution in [3.05, 3.63) is 70.7 Å². The summed E-state index contributed by atoms with van der Waals surface area (Å²) in [5, 5.41) is 2.85. The van der Waals surface area contributed by atoms with Crippen LogP contribution in [0.5, 0.6) is 0 Å². The number of nitrogens with one attached hydrogen (secondary N) is 1. The number of amides is 1. The van der Waals surface area contributed by atoms with E-state index in [4.69, 9.17) is 10.5 Å². The highest BCUT2D eigenvalue weighted by molar-refractivity contribution is 5.97. The number of nitrogens with zero attached hydrogens (tertiary/aromatic N) is 2. The van der Waals surface area contributed by atoms with Crippen molar-refractivity contribution in [2.75, 3.05) is 39.6 Å². The van der Waals surface area contributed by atoms with Crippen LogP contribution in [-0.4, -0.2) is 49.6 Å². The van der Waals surface area contributed by atoms with Crippen LogP contribution in [0.4, 0.5) is 10.2 Å². The van der Waals surface area contributed by atoms with Crippen molar-refractivity contribution >= 4 is 11.7 Å². The lowest BCUT2D eigenvalue weighted by Crippen LogP contribution is -2.31. The molecule has 1 atom stereocenters. The van der Waals surface area contributed by atoms with E-state index in [1.165, 1.54) is 5.56 Å². The fourth-order valence-corrected chi connectivity index (χ4v) is 4.96. The molecule has 0 spiro atoms. The molecule has 1 unspecified atom stereocenters. The van der Waals surface area contributed by atoms with E-state index in [1.54, 1.807) is 12.1 Å². The summed E-state index contributed by atoms with van der Waals surface area (Å²) in [6, 6.07) is 13.5. The summed E-state index contributed by atoms with van der Waals surface area (Å²) in [5.74, 6) is -0.164. The van der Waals surface area contributed by atoms with Crippen LogP contribution >= 0.6 is 0 Å². The molecule has 0 aliphatic carbocycles. The first kappa shape index (κ1) is 22.5. The molecule has 0 radical (unpaired) electrons. The van der Waals surface area contributed by atoms with Crippen molar-refractivity contribution < 1.29 is 13.9 Å². The molecule has 1 fully saturated rings. The number of nitrogen functional groups attached to an aromatic ring is 1. The number of hydrogen-bond donors (Lipinski definition) is 2. The average Bonchev–Trinajstić information content (AvgIpc) is 3.33. The quantitative estimate of drug-likeness (QED) is 0.563. The van der Waals surface area contributed by atoms with E-state index in [-0.39, 0.29) is 11.7 Å². The number of benzene rings is 2. The largest absolute Gasteiger partial charge is 0.383 e. The van der Waals surface area contributed by atoms with Crippen LogP contribution in [0.25, 0.3) is 22.3 Å². The van der Waals surface area contributed by atoms with Gasteiger partial charge in [-0.2, -0.15) is 4.39 Å². The average molecular weight is 461 g/mol. The molecule has 34 heavy (non-hydrogen) atoms. The number of pyridine rings is 1. The maximum atomic E-state index is 15.1. The van der Waals surface area contributed by atoms with E-state index >= 15 is 4.39 Å². The van der Waals surface area contributed by atoms with Crippen molar-refractivity contribution in [3.8, 4) is 22.3 Å². The number of carbonyl (C=O) groups excluding carboxylic acids is 1. The lowest BCUT2D eigenvalue weighted by Gasteiger charge is -2.20. The van der Waals surface area contributed by atoms with Crippen LogP contribution in [0.1, 0.15) is 39.4 Å². The highest BCUT2D eigenvalue weighted by atomic mass is 19.1. The molecule has 3 N–H and O–H groups in total. The Bertz CT molecular complexity index is 1250. The molecule has 0 saturated carbocycles. The molecule has 7 heteroatoms. The molecular formula is C27H29FN4O2. The van der Waals surface area contributed by atoms with E-state index in [0.717, 1.165) is 54.9 Å². The van der Waals surface area contributed by atoms with Crippen LogP contribution in [0.3, 0.4) is 0 Å². The summed E-state index contributed by atoms with van der Waals surface area (Å²) < 4.78 is 20.7. The van der Waals surface area contributed by atoms with Gasteiger partial charge in [0.05, 0.1) is 6.61 Å². The second-order valence-electron chi connectivity index (χ2n) is 9.35. The summed E-state index contributed by atoms with van der Waals surface area (Å²) in [4.78, 5) is 18.3. The molecule has 2 aromatic carbocycles. The topological polar surface area (TPSA) is 80.5 Å². The van der Waals surface area contributed by atoms with Gasteiger partial charge in [0.15, 0.2) is 0 Å². The molecule has 1 aromatic heterocycles. The van der Waals surface area contributed by atoms with Crippen molar-refractivity contribution in [1.29, 1.82) is 0 Å². The predicted octanol–water partition coefficient (Wildman–Crippen LogP) is 3.99. The third-order valence-corrected chi connectivity index (χ3v) is 6.66. The van der Waals surface area contributed by atoms with Gasteiger partial charge in [-0.05, 0) is 73.0 Å². The first-order valence-corrected chi connectivity index (χ1v) is 11.6. The number of anilines is 1. The van der Waals surface area contributed by atoms with E-state index in [2.05, 4.69) is 27.3 Å². The van der Waals surface area contributed by atoms with Crippen LogP contribution in [0.2, 0.25) is 0 Å². The molecule has 1 saturated heterocycles. The normalized spacial score (nSPS) is 17.6. The Morgan fingerprint density at radius 1 is 1.12 bits per heavy atom. The fourth-order valence-electron chi connectivity index (χ4n) is 4.96. The SMILES string of the molecule is CN(C)Cc1cc(-c2cc(-c3ccc4c(c3)CCNC4=O)c(N)nc2F)ccc1C1CCOC1. The van der Waals surface area contributed by atoms with Gasteiger partial charge in [0, 0.05) is 42.3 Å². The summed E-state index contributed by atoms with van der Waals surface area (Å²) >= 11 is 0. The number of fused-ring (bicyclic) bond motifs is 1. The third-order valence-electron chi connectivity index (χ3n) is 6.66. The molecular weight excluding hydrogens is 431 g/mol. The molecule has 176 valence electrons. The van der Waals surface area contributed by atoms with Crippen molar-refractivity contribution in [1.82, 2.24) is 15.2 Å². The Labute approximate surface area is 198 Å². The maximum Gasteiger partial charge on any atom is 0.251 e. The van der Waals surface area contributed by atoms with Gasteiger partial charge in [0.2, 0.25) is 5.95 Å². The second-order valence-corrected chi connectivity index (χ2v) is 9.35. The zero-order valence-electron chi connectivity index (χ0n) is 19.5. The highest BCUT2D eigenvalue weighted by Crippen LogP contribution is 2.36. The monoisotopic (exact) mass is 460 g/mol. The number of carbonyl (C=O) groups is 1. The molecule has 5 rings (SSSR count). The van der Waals surface area contributed by atoms with E-state index < -0.39 is 5.95 Å². The van der Waals surface area contributed by atoms with Crippen LogP contribution in [0, 0.1) is 5.95 Å². The van der Waals surface area contributed by atoms with Crippen LogP contribution in [0.15, 0.2) is 42.5 Å². The van der Waals surface area contributed by atoms with Crippen LogP contribution in [-0.2, 0) is 17.7 Å². The number of hydrogen-bond acceptors (Lipinski definition) is 5. The third kappa shape index (κ3) is 4.29. The number of rotatable bonds is 5. The number of halogens is 1. The Balaban J connectivity index is 1.57. The minimum absolute atomic E-state index is 0.0696. The van der Waals surface area contributed by atoms with Gasteiger partial charge in [-0.3, -0.25) is 4.79 Å². The van der Waals surface area contributed by atoms with E-state index in [1.807, 2.05) is 32.3 Å². The standard InChI is InChI=1S/C27H29FN4O2/c1-32(2)14-20-12-16(3-5-21(20)19-8-10-34-15-19)23-13-24(26(29)31-25(23)28)17-4-6-22-18(11-17)7-9-30-27(22)33/h3-6,11-13,19H,7-10,14-15H2,1-2H3,(H2,29,31)(H,30,33). The lowest BCUT2D eigenvalue weighted by atomic mass is 9.90.